The van der Waals surface area contributed by atoms with Crippen molar-refractivity contribution in [1.29, 1.82) is 0 Å². The Morgan fingerprint density at radius 1 is 1.10 bits per heavy atom. The van der Waals surface area contributed by atoms with Crippen molar-refractivity contribution in [3.63, 3.8) is 0 Å². The van der Waals surface area contributed by atoms with Gasteiger partial charge in [0.05, 0.1) is 16.8 Å². The molecule has 1 N–H and O–H groups in total. The lowest BCUT2D eigenvalue weighted by atomic mass is 10.1. The van der Waals surface area contributed by atoms with Crippen LogP contribution in [0, 0.1) is 10.1 Å². The lowest BCUT2D eigenvalue weighted by Gasteiger charge is -2.16. The summed E-state index contributed by atoms with van der Waals surface area (Å²) >= 11 is 0. The smallest absolute Gasteiger partial charge is 0.283 e. The quantitative estimate of drug-likeness (QED) is 0.585. The third kappa shape index (κ3) is 2.39. The fourth-order valence-electron chi connectivity index (χ4n) is 2.14. The molecule has 104 valence electrons. The summed E-state index contributed by atoms with van der Waals surface area (Å²) in [6, 6.07) is 14.2. The standard InChI is InChI=1S/C15H11N3O3/c19-17(15-10-16-8-7-14(15)18(20)21)13-6-5-11-3-1-2-4-12(11)9-13/h1-10,19H. The Morgan fingerprint density at radius 2 is 1.86 bits per heavy atom. The fourth-order valence-corrected chi connectivity index (χ4v) is 2.14. The minimum atomic E-state index is -0.554. The van der Waals surface area contributed by atoms with E-state index in [9.17, 15) is 15.3 Å². The Kier molecular flexibility index (Phi) is 3.21. The van der Waals surface area contributed by atoms with Crippen molar-refractivity contribution in [2.75, 3.05) is 5.06 Å². The molecule has 0 aliphatic rings. The molecule has 0 radical (unpaired) electrons. The first-order chi connectivity index (χ1) is 10.2. The van der Waals surface area contributed by atoms with Crippen LogP contribution in [0.15, 0.2) is 60.9 Å². The number of nitrogens with zero attached hydrogens (tertiary/aromatic N) is 3. The van der Waals surface area contributed by atoms with Crippen LogP contribution in [-0.4, -0.2) is 15.1 Å². The molecule has 0 saturated heterocycles. The van der Waals surface area contributed by atoms with Crippen molar-refractivity contribution in [1.82, 2.24) is 4.98 Å². The SMILES string of the molecule is O=[N+]([O-])c1ccncc1N(O)c1ccc2ccccc2c1. The monoisotopic (exact) mass is 281 g/mol. The first-order valence-corrected chi connectivity index (χ1v) is 6.23. The molecule has 0 saturated carbocycles. The van der Waals surface area contributed by atoms with E-state index in [2.05, 4.69) is 4.98 Å². The minimum absolute atomic E-state index is 0.0257. The highest BCUT2D eigenvalue weighted by Crippen LogP contribution is 2.32. The van der Waals surface area contributed by atoms with Gasteiger partial charge >= 0.3 is 0 Å². The molecule has 3 rings (SSSR count). The summed E-state index contributed by atoms with van der Waals surface area (Å²) < 4.78 is 0. The highest BCUT2D eigenvalue weighted by molar-refractivity contribution is 5.87. The van der Waals surface area contributed by atoms with Crippen molar-refractivity contribution >= 4 is 27.8 Å². The van der Waals surface area contributed by atoms with Crippen LogP contribution in [0.2, 0.25) is 0 Å². The predicted molar refractivity (Wildman–Crippen MR) is 78.8 cm³/mol. The summed E-state index contributed by atoms with van der Waals surface area (Å²) in [6.07, 6.45) is 2.57. The fraction of sp³-hybridized carbons (Fsp3) is 0. The lowest BCUT2D eigenvalue weighted by molar-refractivity contribution is -0.384. The Morgan fingerprint density at radius 3 is 2.62 bits per heavy atom. The first-order valence-electron chi connectivity index (χ1n) is 6.23. The molecule has 0 aliphatic heterocycles. The summed E-state index contributed by atoms with van der Waals surface area (Å²) in [6.45, 7) is 0. The zero-order valence-electron chi connectivity index (χ0n) is 10.9. The molecule has 0 spiro atoms. The normalized spacial score (nSPS) is 10.5. The largest absolute Gasteiger partial charge is 0.298 e. The van der Waals surface area contributed by atoms with E-state index in [1.165, 1.54) is 18.5 Å². The molecule has 1 aromatic heterocycles. The van der Waals surface area contributed by atoms with Crippen LogP contribution in [0.3, 0.4) is 0 Å². The van der Waals surface area contributed by atoms with Gasteiger partial charge in [-0.25, -0.2) is 5.06 Å². The van der Waals surface area contributed by atoms with Crippen LogP contribution >= 0.6 is 0 Å². The molecular formula is C15H11N3O3. The van der Waals surface area contributed by atoms with Crippen LogP contribution in [0.4, 0.5) is 17.1 Å². The maximum atomic E-state index is 11.0. The van der Waals surface area contributed by atoms with Gasteiger partial charge in [0.1, 0.15) is 0 Å². The van der Waals surface area contributed by atoms with E-state index < -0.39 is 4.92 Å². The molecule has 0 amide bonds. The Bertz CT molecular complexity index is 820. The number of hydrogen-bond acceptors (Lipinski definition) is 5. The van der Waals surface area contributed by atoms with Gasteiger partial charge in [-0.05, 0) is 22.9 Å². The van der Waals surface area contributed by atoms with Crippen molar-refractivity contribution in [3.8, 4) is 0 Å². The molecule has 0 fully saturated rings. The number of hydrogen-bond donors (Lipinski definition) is 1. The maximum Gasteiger partial charge on any atom is 0.298 e. The average molecular weight is 281 g/mol. The highest BCUT2D eigenvalue weighted by atomic mass is 16.6. The highest BCUT2D eigenvalue weighted by Gasteiger charge is 2.19. The van der Waals surface area contributed by atoms with Gasteiger partial charge in [0, 0.05) is 12.3 Å². The van der Waals surface area contributed by atoms with E-state index in [1.54, 1.807) is 12.1 Å². The van der Waals surface area contributed by atoms with Gasteiger partial charge in [-0.1, -0.05) is 30.3 Å². The average Bonchev–Trinajstić information content (AvgIpc) is 2.53. The zero-order valence-corrected chi connectivity index (χ0v) is 10.9. The van der Waals surface area contributed by atoms with E-state index in [0.29, 0.717) is 5.69 Å². The van der Waals surface area contributed by atoms with Crippen molar-refractivity contribution in [2.24, 2.45) is 0 Å². The number of aromatic nitrogens is 1. The summed E-state index contributed by atoms with van der Waals surface area (Å²) in [4.78, 5) is 14.3. The molecule has 1 heterocycles. The molecule has 21 heavy (non-hydrogen) atoms. The molecule has 2 aromatic carbocycles. The van der Waals surface area contributed by atoms with E-state index >= 15 is 0 Å². The Hall–Kier alpha value is -2.99. The molecule has 0 aliphatic carbocycles. The van der Waals surface area contributed by atoms with Crippen LogP contribution in [-0.2, 0) is 0 Å². The van der Waals surface area contributed by atoms with Crippen LogP contribution < -0.4 is 5.06 Å². The van der Waals surface area contributed by atoms with E-state index in [-0.39, 0.29) is 11.4 Å². The third-order valence-electron chi connectivity index (χ3n) is 3.18. The second-order valence-corrected chi connectivity index (χ2v) is 4.46. The van der Waals surface area contributed by atoms with Crippen LogP contribution in [0.1, 0.15) is 0 Å². The van der Waals surface area contributed by atoms with Gasteiger partial charge < -0.3 is 0 Å². The number of pyridine rings is 1. The van der Waals surface area contributed by atoms with E-state index in [1.807, 2.05) is 30.3 Å². The molecular weight excluding hydrogens is 270 g/mol. The second kappa shape index (κ2) is 5.18. The molecule has 0 atom stereocenters. The number of anilines is 2. The van der Waals surface area contributed by atoms with Gasteiger partial charge in [0.15, 0.2) is 5.69 Å². The molecule has 0 unspecified atom stereocenters. The van der Waals surface area contributed by atoms with E-state index in [0.717, 1.165) is 15.8 Å². The third-order valence-corrected chi connectivity index (χ3v) is 3.18. The van der Waals surface area contributed by atoms with Crippen LogP contribution in [0.25, 0.3) is 10.8 Å². The number of benzene rings is 2. The van der Waals surface area contributed by atoms with Crippen molar-refractivity contribution in [2.45, 2.75) is 0 Å². The predicted octanol–water partition coefficient (Wildman–Crippen LogP) is 3.67. The van der Waals surface area contributed by atoms with Gasteiger partial charge in [-0.2, -0.15) is 0 Å². The zero-order chi connectivity index (χ0) is 14.8. The lowest BCUT2D eigenvalue weighted by Crippen LogP contribution is -2.12. The maximum absolute atomic E-state index is 11.0. The van der Waals surface area contributed by atoms with E-state index in [4.69, 9.17) is 0 Å². The van der Waals surface area contributed by atoms with Gasteiger partial charge in [-0.15, -0.1) is 0 Å². The molecule has 3 aromatic rings. The van der Waals surface area contributed by atoms with Crippen molar-refractivity contribution in [3.05, 3.63) is 71.0 Å². The Labute approximate surface area is 120 Å². The molecule has 6 heteroatoms. The molecule has 6 nitrogen and oxygen atoms in total. The summed E-state index contributed by atoms with van der Waals surface area (Å²) in [5.74, 6) is 0. The molecule has 0 bridgehead atoms. The summed E-state index contributed by atoms with van der Waals surface area (Å²) in [5.41, 5.74) is 0.253. The minimum Gasteiger partial charge on any atom is -0.283 e. The number of nitro groups is 1. The topological polar surface area (TPSA) is 79.5 Å². The summed E-state index contributed by atoms with van der Waals surface area (Å²) in [5, 5.41) is 24.0. The number of rotatable bonds is 3. The van der Waals surface area contributed by atoms with Gasteiger partial charge in [0.25, 0.3) is 5.69 Å². The van der Waals surface area contributed by atoms with Gasteiger partial charge in [-0.3, -0.25) is 20.3 Å². The second-order valence-electron chi connectivity index (χ2n) is 4.46. The van der Waals surface area contributed by atoms with Crippen LogP contribution in [0.5, 0.6) is 0 Å². The number of fused-ring (bicyclic) bond motifs is 1. The Balaban J connectivity index is 2.08. The van der Waals surface area contributed by atoms with Gasteiger partial charge in [0.2, 0.25) is 0 Å². The first kappa shape index (κ1) is 13.0. The summed E-state index contributed by atoms with van der Waals surface area (Å²) in [7, 11) is 0. The van der Waals surface area contributed by atoms with Crippen molar-refractivity contribution < 1.29 is 10.1 Å².